The van der Waals surface area contributed by atoms with Crippen molar-refractivity contribution in [3.8, 4) is 0 Å². The van der Waals surface area contributed by atoms with Crippen LogP contribution in [-0.2, 0) is 4.79 Å². The lowest BCUT2D eigenvalue weighted by Gasteiger charge is -2.32. The Bertz CT molecular complexity index is 932. The Kier molecular flexibility index (Phi) is 5.62. The predicted octanol–water partition coefficient (Wildman–Crippen LogP) is 3.34. The number of piperidine rings is 1. The summed E-state index contributed by atoms with van der Waals surface area (Å²) in [6.07, 6.45) is 1.52. The van der Waals surface area contributed by atoms with Crippen LogP contribution >= 0.6 is 11.8 Å². The van der Waals surface area contributed by atoms with Gasteiger partial charge in [-0.15, -0.1) is 0 Å². The second-order valence-electron chi connectivity index (χ2n) is 6.73. The fourth-order valence-electron chi connectivity index (χ4n) is 3.26. The molecule has 0 saturated carbocycles. The lowest BCUT2D eigenvalue weighted by atomic mass is 10.0. The third-order valence-electron chi connectivity index (χ3n) is 4.81. The third kappa shape index (κ3) is 4.36. The molecule has 4 rings (SSSR count). The molecular weight excluding hydrogens is 374 g/mol. The summed E-state index contributed by atoms with van der Waals surface area (Å²) >= 11 is 1.32. The smallest absolute Gasteiger partial charge is 0.257 e. The zero-order valence-corrected chi connectivity index (χ0v) is 16.2. The number of hydrogen-bond acceptors (Lipinski definition) is 5. The summed E-state index contributed by atoms with van der Waals surface area (Å²) < 4.78 is 5.64. The lowest BCUT2D eigenvalue weighted by molar-refractivity contribution is -0.129. The van der Waals surface area contributed by atoms with Crippen molar-refractivity contribution in [1.82, 2.24) is 15.2 Å². The van der Waals surface area contributed by atoms with Crippen molar-refractivity contribution < 1.29 is 14.0 Å². The summed E-state index contributed by atoms with van der Waals surface area (Å²) in [5, 5.41) is 3.57. The van der Waals surface area contributed by atoms with Gasteiger partial charge in [-0.2, -0.15) is 0 Å². The van der Waals surface area contributed by atoms with Crippen LogP contribution in [0.25, 0.3) is 11.1 Å². The highest BCUT2D eigenvalue weighted by molar-refractivity contribution is 7.99. The van der Waals surface area contributed by atoms with Crippen molar-refractivity contribution in [2.24, 2.45) is 0 Å². The minimum Gasteiger partial charge on any atom is -0.431 e. The first-order valence-corrected chi connectivity index (χ1v) is 10.3. The van der Waals surface area contributed by atoms with Gasteiger partial charge >= 0.3 is 0 Å². The Morgan fingerprint density at radius 1 is 1.07 bits per heavy atom. The summed E-state index contributed by atoms with van der Waals surface area (Å²) in [5.74, 6) is 0.311. The molecule has 2 amide bonds. The second kappa shape index (κ2) is 8.48. The van der Waals surface area contributed by atoms with E-state index in [0.29, 0.717) is 29.6 Å². The molecule has 2 aromatic carbocycles. The van der Waals surface area contributed by atoms with Crippen molar-refractivity contribution in [3.05, 3.63) is 60.2 Å². The van der Waals surface area contributed by atoms with E-state index in [1.54, 1.807) is 12.1 Å². The molecule has 0 atom stereocenters. The van der Waals surface area contributed by atoms with Crippen molar-refractivity contribution in [2.45, 2.75) is 24.1 Å². The average Bonchev–Trinajstić information content (AvgIpc) is 3.16. The Morgan fingerprint density at radius 2 is 1.79 bits per heavy atom. The molecule has 2 heterocycles. The number of nitrogens with zero attached hydrogens (tertiary/aromatic N) is 2. The molecule has 7 heteroatoms. The van der Waals surface area contributed by atoms with Crippen molar-refractivity contribution in [1.29, 1.82) is 0 Å². The molecule has 1 aromatic heterocycles. The molecule has 0 aliphatic carbocycles. The number of para-hydroxylation sites is 2. The number of amides is 2. The first kappa shape index (κ1) is 18.6. The van der Waals surface area contributed by atoms with E-state index in [2.05, 4.69) is 10.3 Å². The maximum Gasteiger partial charge on any atom is 0.257 e. The van der Waals surface area contributed by atoms with E-state index in [-0.39, 0.29) is 17.9 Å². The number of benzene rings is 2. The van der Waals surface area contributed by atoms with Gasteiger partial charge in [0.05, 0.1) is 5.75 Å². The summed E-state index contributed by atoms with van der Waals surface area (Å²) in [6, 6.07) is 16.9. The fourth-order valence-corrected chi connectivity index (χ4v) is 4.00. The highest BCUT2D eigenvalue weighted by atomic mass is 32.2. The molecule has 0 bridgehead atoms. The summed E-state index contributed by atoms with van der Waals surface area (Å²) in [6.45, 7) is 1.29. The maximum absolute atomic E-state index is 12.5. The fraction of sp³-hybridized carbons (Fsp3) is 0.286. The summed E-state index contributed by atoms with van der Waals surface area (Å²) in [4.78, 5) is 31.0. The number of aromatic nitrogens is 1. The van der Waals surface area contributed by atoms with Crippen LogP contribution in [0, 0.1) is 0 Å². The van der Waals surface area contributed by atoms with E-state index in [0.717, 1.165) is 23.9 Å². The standard InChI is InChI=1S/C21H21N3O3S/c25-19(14-28-21-23-17-8-4-5-9-18(17)27-21)24-12-10-16(11-13-24)22-20(26)15-6-2-1-3-7-15/h1-9,16H,10-14H2,(H,22,26). The molecule has 1 saturated heterocycles. The Morgan fingerprint density at radius 3 is 2.54 bits per heavy atom. The van der Waals surface area contributed by atoms with Crippen molar-refractivity contribution in [3.63, 3.8) is 0 Å². The Hall–Kier alpha value is -2.80. The van der Waals surface area contributed by atoms with Crippen LogP contribution in [0.1, 0.15) is 23.2 Å². The number of fused-ring (bicyclic) bond motifs is 1. The number of carbonyl (C=O) groups is 2. The molecule has 0 radical (unpaired) electrons. The highest BCUT2D eigenvalue weighted by Gasteiger charge is 2.24. The normalized spacial score (nSPS) is 14.9. The van der Waals surface area contributed by atoms with Crippen molar-refractivity contribution >= 4 is 34.7 Å². The van der Waals surface area contributed by atoms with Crippen LogP contribution in [0.15, 0.2) is 64.2 Å². The summed E-state index contributed by atoms with van der Waals surface area (Å²) in [7, 11) is 0. The van der Waals surface area contributed by atoms with Gasteiger partial charge in [-0.1, -0.05) is 42.1 Å². The Labute approximate surface area is 167 Å². The van der Waals surface area contributed by atoms with E-state index >= 15 is 0 Å². The molecule has 0 unspecified atom stereocenters. The van der Waals surface area contributed by atoms with Gasteiger partial charge in [-0.3, -0.25) is 9.59 Å². The van der Waals surface area contributed by atoms with Gasteiger partial charge in [0.15, 0.2) is 5.58 Å². The lowest BCUT2D eigenvalue weighted by Crippen LogP contribution is -2.47. The topological polar surface area (TPSA) is 75.4 Å². The van der Waals surface area contributed by atoms with Crippen LogP contribution in [0.4, 0.5) is 0 Å². The first-order valence-electron chi connectivity index (χ1n) is 9.31. The van der Waals surface area contributed by atoms with Crippen LogP contribution in [0.2, 0.25) is 0 Å². The van der Waals surface area contributed by atoms with Crippen LogP contribution in [0.5, 0.6) is 0 Å². The van der Waals surface area contributed by atoms with Crippen LogP contribution in [0.3, 0.4) is 0 Å². The molecule has 1 N–H and O–H groups in total. The number of rotatable bonds is 5. The third-order valence-corrected chi connectivity index (χ3v) is 5.63. The van der Waals surface area contributed by atoms with Gasteiger partial charge in [0.25, 0.3) is 11.1 Å². The molecule has 1 aliphatic rings. The quantitative estimate of drug-likeness (QED) is 0.671. The van der Waals surface area contributed by atoms with Gasteiger partial charge < -0.3 is 14.6 Å². The number of hydrogen-bond donors (Lipinski definition) is 1. The molecule has 6 nitrogen and oxygen atoms in total. The number of carbonyl (C=O) groups excluding carboxylic acids is 2. The zero-order chi connectivity index (χ0) is 19.3. The monoisotopic (exact) mass is 395 g/mol. The molecule has 28 heavy (non-hydrogen) atoms. The van der Waals surface area contributed by atoms with Gasteiger partial charge in [-0.05, 0) is 37.1 Å². The first-order chi connectivity index (χ1) is 13.7. The second-order valence-corrected chi connectivity index (χ2v) is 7.66. The van der Waals surface area contributed by atoms with Crippen LogP contribution < -0.4 is 5.32 Å². The minimum atomic E-state index is -0.0584. The molecular formula is C21H21N3O3S. The Balaban J connectivity index is 1.24. The number of likely N-dealkylation sites (tertiary alicyclic amines) is 1. The zero-order valence-electron chi connectivity index (χ0n) is 15.3. The molecule has 144 valence electrons. The molecule has 1 aliphatic heterocycles. The largest absolute Gasteiger partial charge is 0.431 e. The van der Waals surface area contributed by atoms with E-state index in [1.165, 1.54) is 11.8 Å². The average molecular weight is 395 g/mol. The van der Waals surface area contributed by atoms with E-state index in [1.807, 2.05) is 47.4 Å². The minimum absolute atomic E-state index is 0.0584. The number of nitrogens with one attached hydrogen (secondary N) is 1. The molecule has 0 spiro atoms. The van der Waals surface area contributed by atoms with E-state index in [9.17, 15) is 9.59 Å². The molecule has 1 fully saturated rings. The van der Waals surface area contributed by atoms with Crippen LogP contribution in [-0.4, -0.2) is 46.6 Å². The number of oxazole rings is 1. The molecule has 3 aromatic rings. The van der Waals surface area contributed by atoms with Gasteiger partial charge in [-0.25, -0.2) is 4.98 Å². The maximum atomic E-state index is 12.5. The summed E-state index contributed by atoms with van der Waals surface area (Å²) in [5.41, 5.74) is 2.19. The van der Waals surface area contributed by atoms with Crippen molar-refractivity contribution in [2.75, 3.05) is 18.8 Å². The number of thioether (sulfide) groups is 1. The SMILES string of the molecule is O=C(NC1CCN(C(=O)CSc2nc3ccccc3o2)CC1)c1ccccc1. The van der Waals surface area contributed by atoms with E-state index in [4.69, 9.17) is 4.42 Å². The highest BCUT2D eigenvalue weighted by Crippen LogP contribution is 2.24. The van der Waals surface area contributed by atoms with Gasteiger partial charge in [0.2, 0.25) is 5.91 Å². The predicted molar refractivity (Wildman–Crippen MR) is 108 cm³/mol. The van der Waals surface area contributed by atoms with Gasteiger partial charge in [0.1, 0.15) is 5.52 Å². The van der Waals surface area contributed by atoms with E-state index < -0.39 is 0 Å². The van der Waals surface area contributed by atoms with Gasteiger partial charge in [0, 0.05) is 24.7 Å².